The van der Waals surface area contributed by atoms with Crippen molar-refractivity contribution >= 4 is 33.3 Å². The number of rotatable bonds is 8. The summed E-state index contributed by atoms with van der Waals surface area (Å²) in [7, 11) is -4.67. The lowest BCUT2D eigenvalue weighted by Gasteiger charge is -2.21. The van der Waals surface area contributed by atoms with Crippen LogP contribution in [0.25, 0.3) is 11.2 Å². The Kier molecular flexibility index (Phi) is 8.83. The zero-order valence-electron chi connectivity index (χ0n) is 21.1. The highest BCUT2D eigenvalue weighted by Gasteiger charge is 2.47. The lowest BCUT2D eigenvalue weighted by molar-refractivity contribution is -0.0384. The van der Waals surface area contributed by atoms with E-state index < -0.39 is 34.9 Å². The Hall–Kier alpha value is -3.85. The molecule has 1 fully saturated rings. The first-order valence-corrected chi connectivity index (χ1v) is 13.3. The van der Waals surface area contributed by atoms with Gasteiger partial charge in [-0.1, -0.05) is 30.3 Å². The lowest BCUT2D eigenvalue weighted by atomic mass is 10.1. The van der Waals surface area contributed by atoms with E-state index in [1.54, 1.807) is 4.90 Å². The summed E-state index contributed by atoms with van der Waals surface area (Å²) in [5, 5.41) is 43.3. The number of aliphatic hydroxyl groups is 3. The molecular weight excluding hydrogens is 552 g/mol. The molecule has 0 amide bonds. The Bertz CT molecular complexity index is 1520. The van der Waals surface area contributed by atoms with Crippen molar-refractivity contribution < 1.29 is 37.6 Å². The van der Waals surface area contributed by atoms with Gasteiger partial charge in [0.15, 0.2) is 23.8 Å². The van der Waals surface area contributed by atoms with Crippen molar-refractivity contribution in [2.24, 2.45) is 0 Å². The second kappa shape index (κ2) is 12.1. The van der Waals surface area contributed by atoms with Gasteiger partial charge in [-0.25, -0.2) is 4.98 Å². The molecule has 4 heterocycles. The molecule has 19 heteroatoms. The van der Waals surface area contributed by atoms with Crippen molar-refractivity contribution in [2.45, 2.75) is 44.4 Å². The van der Waals surface area contributed by atoms with E-state index in [4.69, 9.17) is 28.0 Å². The van der Waals surface area contributed by atoms with Crippen molar-refractivity contribution in [3.63, 3.8) is 0 Å². The number of fused-ring (bicyclic) bond motifs is 1. The smallest absolute Gasteiger partial charge is 0.387 e. The number of anilines is 2. The average molecular weight is 581 g/mol. The van der Waals surface area contributed by atoms with Crippen LogP contribution in [0, 0.1) is 0 Å². The molecule has 0 aliphatic carbocycles. The van der Waals surface area contributed by atoms with Gasteiger partial charge in [-0.05, 0) is 24.1 Å². The van der Waals surface area contributed by atoms with Crippen LogP contribution in [0.1, 0.15) is 30.6 Å². The molecule has 5 rings (SSSR count). The molecule has 18 nitrogen and oxygen atoms in total. The van der Waals surface area contributed by atoms with Gasteiger partial charge in [0.1, 0.15) is 24.5 Å². The second-order valence-corrected chi connectivity index (χ2v) is 9.48. The van der Waals surface area contributed by atoms with Gasteiger partial charge in [-0.15, -0.1) is 10.2 Å². The van der Waals surface area contributed by atoms with Gasteiger partial charge >= 0.3 is 10.4 Å². The number of nitrogen functional groups attached to an aromatic ring is 1. The van der Waals surface area contributed by atoms with Crippen LogP contribution in [0.4, 0.5) is 11.8 Å². The number of hydrogen-bond acceptors (Lipinski definition) is 14. The zero-order chi connectivity index (χ0) is 29.0. The van der Waals surface area contributed by atoms with E-state index in [-0.39, 0.29) is 30.0 Å². The minimum Gasteiger partial charge on any atom is -0.387 e. The monoisotopic (exact) mass is 580 g/mol. The Morgan fingerprint density at radius 3 is 2.45 bits per heavy atom. The van der Waals surface area contributed by atoms with Crippen LogP contribution < -0.4 is 10.6 Å². The second-order valence-electron chi connectivity index (χ2n) is 8.59. The highest BCUT2D eigenvalue weighted by atomic mass is 32.3. The maximum atomic E-state index is 10.8. The first-order chi connectivity index (χ1) is 19.0. The van der Waals surface area contributed by atoms with Gasteiger partial charge in [0.25, 0.3) is 0 Å². The van der Waals surface area contributed by atoms with Crippen LogP contribution in [0.3, 0.4) is 0 Å². The summed E-state index contributed by atoms with van der Waals surface area (Å²) < 4.78 is 39.0. The molecule has 0 unspecified atom stereocenters. The van der Waals surface area contributed by atoms with Crippen molar-refractivity contribution in [1.29, 1.82) is 0 Å². The van der Waals surface area contributed by atoms with Gasteiger partial charge in [-0.3, -0.25) is 13.7 Å². The summed E-state index contributed by atoms with van der Waals surface area (Å²) in [6.45, 7) is 2.47. The number of hydrogen-bond donors (Lipinski definition) is 6. The van der Waals surface area contributed by atoms with Crippen molar-refractivity contribution in [1.82, 2.24) is 39.7 Å². The summed E-state index contributed by atoms with van der Waals surface area (Å²) in [5.74, 6) is 0.471. The molecule has 40 heavy (non-hydrogen) atoms. The zero-order valence-corrected chi connectivity index (χ0v) is 21.9. The number of aromatic nitrogens is 8. The van der Waals surface area contributed by atoms with Crippen LogP contribution >= 0.6 is 0 Å². The molecule has 216 valence electrons. The fourth-order valence-corrected chi connectivity index (χ4v) is 4.00. The van der Waals surface area contributed by atoms with Gasteiger partial charge in [0, 0.05) is 6.54 Å². The molecule has 1 aliphatic heterocycles. The van der Waals surface area contributed by atoms with E-state index in [2.05, 4.69) is 30.4 Å². The SMILES string of the molecule is CCn1nnc([C@H]2O[C@@H](n3cnc4c(N)nc(N(CO)CCc5ccccc5)nc43)[C@H](O)[C@@H]2O)n1.O=S(=O)(O)O. The van der Waals surface area contributed by atoms with Crippen molar-refractivity contribution in [3.05, 3.63) is 48.0 Å². The summed E-state index contributed by atoms with van der Waals surface area (Å²) in [6.07, 6.45) is -2.59. The first-order valence-electron chi connectivity index (χ1n) is 11.9. The van der Waals surface area contributed by atoms with E-state index >= 15 is 0 Å². The third-order valence-electron chi connectivity index (χ3n) is 5.92. The van der Waals surface area contributed by atoms with Crippen LogP contribution in [-0.2, 0) is 28.1 Å². The topological polar surface area (TPSA) is 261 Å². The summed E-state index contributed by atoms with van der Waals surface area (Å²) >= 11 is 0. The summed E-state index contributed by atoms with van der Waals surface area (Å²) in [4.78, 5) is 16.1. The minimum absolute atomic E-state index is 0.110. The van der Waals surface area contributed by atoms with Crippen LogP contribution in [0.2, 0.25) is 0 Å². The normalized spacial score (nSPS) is 20.9. The molecule has 1 saturated heterocycles. The highest BCUT2D eigenvalue weighted by Crippen LogP contribution is 2.38. The van der Waals surface area contributed by atoms with Gasteiger partial charge < -0.3 is 30.7 Å². The molecule has 0 spiro atoms. The van der Waals surface area contributed by atoms with E-state index in [1.165, 1.54) is 15.7 Å². The number of nitrogens with zero attached hydrogens (tertiary/aromatic N) is 9. The van der Waals surface area contributed by atoms with Crippen LogP contribution in [-0.4, -0.2) is 98.1 Å². The number of nitrogens with two attached hydrogens (primary N) is 1. The third-order valence-corrected chi connectivity index (χ3v) is 5.92. The van der Waals surface area contributed by atoms with Gasteiger partial charge in [0.05, 0.1) is 12.9 Å². The number of benzene rings is 1. The van der Waals surface area contributed by atoms with Crippen molar-refractivity contribution in [2.75, 3.05) is 23.9 Å². The Morgan fingerprint density at radius 1 is 1.12 bits per heavy atom. The molecule has 3 aromatic heterocycles. The third kappa shape index (κ3) is 6.65. The summed E-state index contributed by atoms with van der Waals surface area (Å²) in [6, 6.07) is 9.83. The molecule has 4 aromatic rings. The quantitative estimate of drug-likeness (QED) is 0.105. The fourth-order valence-electron chi connectivity index (χ4n) is 4.00. The molecule has 7 N–H and O–H groups in total. The molecule has 1 aromatic carbocycles. The van der Waals surface area contributed by atoms with E-state index in [0.717, 1.165) is 5.56 Å². The van der Waals surface area contributed by atoms with Crippen LogP contribution in [0.15, 0.2) is 36.7 Å². The lowest BCUT2D eigenvalue weighted by Crippen LogP contribution is -2.30. The average Bonchev–Trinajstić information content (AvgIpc) is 3.62. The highest BCUT2D eigenvalue weighted by molar-refractivity contribution is 7.79. The fraction of sp³-hybridized carbons (Fsp3) is 0.429. The Labute approximate surface area is 227 Å². The predicted molar refractivity (Wildman–Crippen MR) is 137 cm³/mol. The minimum atomic E-state index is -4.67. The molecule has 4 atom stereocenters. The molecular formula is C21H28N10O8S. The maximum absolute atomic E-state index is 10.8. The van der Waals surface area contributed by atoms with Crippen molar-refractivity contribution in [3.8, 4) is 0 Å². The number of ether oxygens (including phenoxy) is 1. The van der Waals surface area contributed by atoms with Gasteiger partial charge in [-0.2, -0.15) is 23.2 Å². The number of imidazole rings is 1. The standard InChI is InChI=1S/C21H26N10O4.H2O4S/c1-2-31-27-18(26-28-31)16-14(33)15(34)20(35-16)30-10-23-13-17(22)24-21(25-19(13)30)29(11-32)9-8-12-6-4-3-5-7-12;1-5(2,3)4/h3-7,10,14-16,20,32-34H,2,8-9,11H2,1H3,(H2,22,24,25);(H2,1,2,3,4)/t14-,15+,16-,20+;/m0./s1. The first kappa shape index (κ1) is 29.1. The Balaban J connectivity index is 0.000000681. The van der Waals surface area contributed by atoms with E-state index in [0.29, 0.717) is 25.0 Å². The molecule has 0 saturated carbocycles. The van der Waals surface area contributed by atoms with Crippen LogP contribution in [0.5, 0.6) is 0 Å². The number of tetrazole rings is 1. The largest absolute Gasteiger partial charge is 0.394 e. The van der Waals surface area contributed by atoms with E-state index in [9.17, 15) is 15.3 Å². The summed E-state index contributed by atoms with van der Waals surface area (Å²) in [5.41, 5.74) is 7.84. The number of aryl methyl sites for hydroxylation is 1. The number of aliphatic hydroxyl groups excluding tert-OH is 3. The van der Waals surface area contributed by atoms with Gasteiger partial charge in [0.2, 0.25) is 11.8 Å². The maximum Gasteiger partial charge on any atom is 0.394 e. The predicted octanol–water partition coefficient (Wildman–Crippen LogP) is -1.25. The molecule has 0 bridgehead atoms. The molecule has 0 radical (unpaired) electrons. The molecule has 1 aliphatic rings. The van der Waals surface area contributed by atoms with E-state index in [1.807, 2.05) is 37.3 Å². The Morgan fingerprint density at radius 2 is 1.82 bits per heavy atom.